The Morgan fingerprint density at radius 2 is 2.30 bits per heavy atom. The van der Waals surface area contributed by atoms with Crippen molar-refractivity contribution in [3.05, 3.63) is 24.0 Å². The highest BCUT2D eigenvalue weighted by Gasteiger charge is 2.24. The van der Waals surface area contributed by atoms with Crippen LogP contribution in [0.15, 0.2) is 18.2 Å². The minimum absolute atomic E-state index is 0.331. The number of nitrogens with zero attached hydrogens (tertiary/aromatic N) is 1. The number of imidazole rings is 1. The molecule has 0 spiro atoms. The molecule has 1 fully saturated rings. The second-order valence-corrected chi connectivity index (χ2v) is 7.60. The van der Waals surface area contributed by atoms with Crippen LogP contribution in [-0.2, 0) is 16.6 Å². The van der Waals surface area contributed by atoms with Crippen LogP contribution in [-0.4, -0.2) is 19.4 Å². The Balaban J connectivity index is 1.73. The Morgan fingerprint density at radius 1 is 1.45 bits per heavy atom. The van der Waals surface area contributed by atoms with Crippen LogP contribution in [0.1, 0.15) is 38.4 Å². The molecule has 1 aliphatic carbocycles. The van der Waals surface area contributed by atoms with Gasteiger partial charge in [-0.05, 0) is 37.0 Å². The van der Waals surface area contributed by atoms with Crippen LogP contribution in [0.2, 0.25) is 0 Å². The zero-order valence-electron chi connectivity index (χ0n) is 11.8. The number of hydrogen-bond acceptors (Lipinski definition) is 3. The van der Waals surface area contributed by atoms with Crippen molar-refractivity contribution >= 4 is 27.5 Å². The third-order valence-corrected chi connectivity index (χ3v) is 5.82. The number of fused-ring (bicyclic) bond motifs is 1. The van der Waals surface area contributed by atoms with Gasteiger partial charge in [-0.15, -0.1) is 0 Å². The maximum Gasteiger partial charge on any atom is 0.119 e. The smallest absolute Gasteiger partial charge is 0.119 e. The third kappa shape index (κ3) is 2.87. The number of nitrogens with two attached hydrogens (primary N) is 1. The van der Waals surface area contributed by atoms with Crippen LogP contribution in [0.5, 0.6) is 0 Å². The fourth-order valence-electron chi connectivity index (χ4n) is 3.02. The van der Waals surface area contributed by atoms with Gasteiger partial charge in [-0.25, -0.2) is 4.98 Å². The Bertz CT molecular complexity index is 637. The molecular weight excluding hydrogens is 270 g/mol. The van der Waals surface area contributed by atoms with E-state index in [1.165, 1.54) is 12.8 Å². The monoisotopic (exact) mass is 291 g/mol. The Hall–Kier alpha value is -1.36. The summed E-state index contributed by atoms with van der Waals surface area (Å²) >= 11 is 0. The summed E-state index contributed by atoms with van der Waals surface area (Å²) < 4.78 is 12.5. The lowest BCUT2D eigenvalue weighted by molar-refractivity contribution is 0.389. The molecule has 0 saturated heterocycles. The Kier molecular flexibility index (Phi) is 3.78. The van der Waals surface area contributed by atoms with E-state index in [2.05, 4.69) is 16.9 Å². The molecule has 1 saturated carbocycles. The molecule has 2 aromatic rings. The van der Waals surface area contributed by atoms with Gasteiger partial charge < -0.3 is 10.7 Å². The summed E-state index contributed by atoms with van der Waals surface area (Å²) in [6.45, 7) is 2.26. The van der Waals surface area contributed by atoms with Crippen LogP contribution < -0.4 is 5.73 Å². The summed E-state index contributed by atoms with van der Waals surface area (Å²) in [5.74, 6) is 2.03. The summed E-state index contributed by atoms with van der Waals surface area (Å²) in [6, 6.07) is 5.61. The Labute approximate surface area is 121 Å². The van der Waals surface area contributed by atoms with E-state index < -0.39 is 10.8 Å². The highest BCUT2D eigenvalue weighted by molar-refractivity contribution is 7.84. The molecule has 1 aliphatic rings. The van der Waals surface area contributed by atoms with Crippen molar-refractivity contribution in [3.8, 4) is 0 Å². The van der Waals surface area contributed by atoms with E-state index in [1.807, 2.05) is 18.2 Å². The number of aromatic amines is 1. The molecule has 4 nitrogen and oxygen atoms in total. The van der Waals surface area contributed by atoms with Gasteiger partial charge in [0.15, 0.2) is 0 Å². The normalized spacial score (nSPS) is 24.9. The molecule has 1 aromatic carbocycles. The van der Waals surface area contributed by atoms with Crippen molar-refractivity contribution in [1.29, 1.82) is 0 Å². The first-order valence-electron chi connectivity index (χ1n) is 7.23. The van der Waals surface area contributed by atoms with E-state index >= 15 is 0 Å². The fourth-order valence-corrected chi connectivity index (χ4v) is 4.63. The van der Waals surface area contributed by atoms with Crippen LogP contribution in [0.3, 0.4) is 0 Å². The van der Waals surface area contributed by atoms with E-state index in [1.54, 1.807) is 0 Å². The average molecular weight is 291 g/mol. The summed E-state index contributed by atoms with van der Waals surface area (Å²) in [6.07, 6.45) is 4.65. The van der Waals surface area contributed by atoms with E-state index in [0.717, 1.165) is 35.4 Å². The minimum atomic E-state index is -0.835. The molecule has 0 radical (unpaired) electrons. The maximum absolute atomic E-state index is 12.5. The molecule has 0 aliphatic heterocycles. The van der Waals surface area contributed by atoms with Crippen LogP contribution in [0, 0.1) is 5.92 Å². The number of aromatic nitrogens is 2. The topological polar surface area (TPSA) is 71.8 Å². The zero-order chi connectivity index (χ0) is 14.1. The maximum atomic E-state index is 12.5. The molecule has 3 N–H and O–H groups in total. The molecule has 108 valence electrons. The number of benzene rings is 1. The number of H-pyrrole nitrogens is 1. The fraction of sp³-hybridized carbons (Fsp3) is 0.533. The molecule has 5 heteroatoms. The standard InChI is InChI=1S/C15H21N3OS/c1-10-3-2-4-12(7-10)20(19)9-15-17-13-6-5-11(16)8-14(13)18-15/h5-6,8,10,12H,2-4,7,9,16H2,1H3,(H,17,18). The molecular formula is C15H21N3OS. The van der Waals surface area contributed by atoms with Gasteiger partial charge in [0.05, 0.1) is 16.8 Å². The highest BCUT2D eigenvalue weighted by Crippen LogP contribution is 2.28. The van der Waals surface area contributed by atoms with Crippen molar-refractivity contribution < 1.29 is 4.21 Å². The Morgan fingerprint density at radius 3 is 3.10 bits per heavy atom. The van der Waals surface area contributed by atoms with Gasteiger partial charge >= 0.3 is 0 Å². The summed E-state index contributed by atoms with van der Waals surface area (Å²) in [5.41, 5.74) is 8.29. The molecule has 20 heavy (non-hydrogen) atoms. The van der Waals surface area contributed by atoms with Gasteiger partial charge in [-0.2, -0.15) is 0 Å². The minimum Gasteiger partial charge on any atom is -0.399 e. The van der Waals surface area contributed by atoms with Gasteiger partial charge in [0.2, 0.25) is 0 Å². The van der Waals surface area contributed by atoms with Gasteiger partial charge in [-0.3, -0.25) is 4.21 Å². The lowest BCUT2D eigenvalue weighted by Gasteiger charge is -2.25. The summed E-state index contributed by atoms with van der Waals surface area (Å²) in [5, 5.41) is 0.331. The summed E-state index contributed by atoms with van der Waals surface area (Å²) in [7, 11) is -0.835. The highest BCUT2D eigenvalue weighted by atomic mass is 32.2. The molecule has 1 heterocycles. The lowest BCUT2D eigenvalue weighted by Crippen LogP contribution is -2.24. The van der Waals surface area contributed by atoms with Crippen molar-refractivity contribution in [3.63, 3.8) is 0 Å². The van der Waals surface area contributed by atoms with Gasteiger partial charge in [0, 0.05) is 21.7 Å². The van der Waals surface area contributed by atoms with Crippen molar-refractivity contribution in [2.45, 2.75) is 43.6 Å². The molecule has 3 unspecified atom stereocenters. The number of nitrogens with one attached hydrogen (secondary N) is 1. The second-order valence-electron chi connectivity index (χ2n) is 5.88. The van der Waals surface area contributed by atoms with Gasteiger partial charge in [0.25, 0.3) is 0 Å². The number of anilines is 1. The van der Waals surface area contributed by atoms with Crippen LogP contribution in [0.4, 0.5) is 5.69 Å². The third-order valence-electron chi connectivity index (χ3n) is 4.09. The summed E-state index contributed by atoms with van der Waals surface area (Å²) in [4.78, 5) is 7.74. The van der Waals surface area contributed by atoms with E-state index in [-0.39, 0.29) is 0 Å². The number of hydrogen-bond donors (Lipinski definition) is 2. The van der Waals surface area contributed by atoms with Gasteiger partial charge in [-0.1, -0.05) is 19.8 Å². The van der Waals surface area contributed by atoms with Crippen molar-refractivity contribution in [2.75, 3.05) is 5.73 Å². The second kappa shape index (κ2) is 5.56. The van der Waals surface area contributed by atoms with E-state index in [4.69, 9.17) is 5.73 Å². The van der Waals surface area contributed by atoms with E-state index in [0.29, 0.717) is 16.9 Å². The van der Waals surface area contributed by atoms with Gasteiger partial charge in [0.1, 0.15) is 5.82 Å². The number of rotatable bonds is 3. The van der Waals surface area contributed by atoms with E-state index in [9.17, 15) is 4.21 Å². The van der Waals surface area contributed by atoms with Crippen LogP contribution in [0.25, 0.3) is 11.0 Å². The molecule has 3 atom stereocenters. The van der Waals surface area contributed by atoms with Crippen molar-refractivity contribution in [2.24, 2.45) is 5.92 Å². The quantitative estimate of drug-likeness (QED) is 0.854. The molecule has 1 aromatic heterocycles. The molecule has 3 rings (SSSR count). The predicted octanol–water partition coefficient (Wildman–Crippen LogP) is 2.97. The SMILES string of the molecule is CC1CCCC(S(=O)Cc2nc3ccc(N)cc3[nH]2)C1. The van der Waals surface area contributed by atoms with Crippen LogP contribution >= 0.6 is 0 Å². The van der Waals surface area contributed by atoms with Crippen molar-refractivity contribution in [1.82, 2.24) is 9.97 Å². The zero-order valence-corrected chi connectivity index (χ0v) is 12.6. The largest absolute Gasteiger partial charge is 0.399 e. The lowest BCUT2D eigenvalue weighted by atomic mass is 9.91. The first-order chi connectivity index (χ1) is 9.61. The first-order valence-corrected chi connectivity index (χ1v) is 8.61. The first kappa shape index (κ1) is 13.6. The predicted molar refractivity (Wildman–Crippen MR) is 83.8 cm³/mol. The molecule has 0 amide bonds. The number of nitrogen functional groups attached to an aromatic ring is 1. The molecule has 0 bridgehead atoms. The average Bonchev–Trinajstić information content (AvgIpc) is 2.80.